The summed E-state index contributed by atoms with van der Waals surface area (Å²) in [5, 5.41) is 14.8. The maximum absolute atomic E-state index is 11.8. The predicted octanol–water partition coefficient (Wildman–Crippen LogP) is 3.33. The molecule has 0 saturated heterocycles. The Morgan fingerprint density at radius 3 is 2.46 bits per heavy atom. The van der Waals surface area contributed by atoms with E-state index in [4.69, 9.17) is 11.6 Å². The van der Waals surface area contributed by atoms with Gasteiger partial charge in [0.1, 0.15) is 5.69 Å². The number of nitrogens with zero attached hydrogens (tertiary/aromatic N) is 1. The fraction of sp³-hybridized carbons (Fsp3) is 0.200. The molecule has 0 unspecified atom stereocenters. The minimum atomic E-state index is -3.76. The van der Waals surface area contributed by atoms with Crippen molar-refractivity contribution in [2.45, 2.75) is 17.9 Å². The van der Waals surface area contributed by atoms with Crippen molar-refractivity contribution >= 4 is 33.0 Å². The molecule has 0 aliphatic carbocycles. The van der Waals surface area contributed by atoms with Gasteiger partial charge in [0.25, 0.3) is 5.69 Å². The van der Waals surface area contributed by atoms with Crippen LogP contribution in [0.3, 0.4) is 0 Å². The number of benzene rings is 2. The van der Waals surface area contributed by atoms with E-state index in [9.17, 15) is 18.5 Å². The van der Waals surface area contributed by atoms with Crippen molar-refractivity contribution in [2.24, 2.45) is 0 Å². The number of sulfonamides is 1. The van der Waals surface area contributed by atoms with Gasteiger partial charge in [0.15, 0.2) is 0 Å². The average Bonchev–Trinajstić information content (AvgIpc) is 2.55. The van der Waals surface area contributed by atoms with Crippen molar-refractivity contribution in [3.8, 4) is 0 Å². The van der Waals surface area contributed by atoms with Gasteiger partial charge in [-0.1, -0.05) is 29.8 Å². The van der Waals surface area contributed by atoms with Crippen LogP contribution in [0.2, 0.25) is 5.02 Å². The van der Waals surface area contributed by atoms with Crippen LogP contribution in [0.25, 0.3) is 0 Å². The molecule has 24 heavy (non-hydrogen) atoms. The van der Waals surface area contributed by atoms with E-state index in [1.165, 1.54) is 19.2 Å². The summed E-state index contributed by atoms with van der Waals surface area (Å²) in [6.45, 7) is 1.81. The molecular weight excluding hydrogens is 354 g/mol. The van der Waals surface area contributed by atoms with Crippen molar-refractivity contribution in [3.05, 3.63) is 63.2 Å². The number of nitro groups is 1. The van der Waals surface area contributed by atoms with E-state index in [1.807, 2.05) is 19.1 Å². The second kappa shape index (κ2) is 7.16. The van der Waals surface area contributed by atoms with Crippen LogP contribution in [0.4, 0.5) is 11.4 Å². The summed E-state index contributed by atoms with van der Waals surface area (Å²) in [4.78, 5) is 10.5. The van der Waals surface area contributed by atoms with Gasteiger partial charge >= 0.3 is 0 Å². The fourth-order valence-corrected chi connectivity index (χ4v) is 3.26. The van der Waals surface area contributed by atoms with Crippen LogP contribution in [0, 0.1) is 10.1 Å². The zero-order chi connectivity index (χ0) is 17.9. The minimum Gasteiger partial charge on any atom is -0.373 e. The fourth-order valence-electron chi connectivity index (χ4n) is 2.21. The van der Waals surface area contributed by atoms with E-state index in [1.54, 1.807) is 12.1 Å². The van der Waals surface area contributed by atoms with Crippen LogP contribution >= 0.6 is 11.6 Å². The molecule has 0 aliphatic rings. The van der Waals surface area contributed by atoms with Crippen molar-refractivity contribution < 1.29 is 13.3 Å². The highest BCUT2D eigenvalue weighted by molar-refractivity contribution is 7.89. The van der Waals surface area contributed by atoms with Crippen molar-refractivity contribution in [3.63, 3.8) is 0 Å². The minimum absolute atomic E-state index is 0.173. The van der Waals surface area contributed by atoms with Crippen LogP contribution in [-0.4, -0.2) is 20.4 Å². The van der Waals surface area contributed by atoms with Gasteiger partial charge in [-0.15, -0.1) is 0 Å². The summed E-state index contributed by atoms with van der Waals surface area (Å²) >= 11 is 6.13. The van der Waals surface area contributed by atoms with Crippen LogP contribution in [0.5, 0.6) is 0 Å². The predicted molar refractivity (Wildman–Crippen MR) is 92.8 cm³/mol. The Kier molecular flexibility index (Phi) is 5.43. The number of rotatable bonds is 6. The quantitative estimate of drug-likeness (QED) is 0.600. The molecule has 2 N–H and O–H groups in total. The summed E-state index contributed by atoms with van der Waals surface area (Å²) < 4.78 is 25.7. The molecule has 0 radical (unpaired) electrons. The first kappa shape index (κ1) is 18.2. The van der Waals surface area contributed by atoms with Crippen molar-refractivity contribution in [2.75, 3.05) is 12.4 Å². The highest BCUT2D eigenvalue weighted by Crippen LogP contribution is 2.32. The van der Waals surface area contributed by atoms with E-state index in [2.05, 4.69) is 10.0 Å². The number of anilines is 1. The van der Waals surface area contributed by atoms with Crippen LogP contribution in [-0.2, 0) is 10.0 Å². The maximum Gasteiger partial charge on any atom is 0.293 e. The normalized spacial score (nSPS) is 12.6. The molecule has 0 bridgehead atoms. The first-order chi connectivity index (χ1) is 11.3. The van der Waals surface area contributed by atoms with Gasteiger partial charge in [0.05, 0.1) is 15.9 Å². The lowest BCUT2D eigenvalue weighted by molar-refractivity contribution is -0.384. The monoisotopic (exact) mass is 369 g/mol. The molecule has 2 aromatic carbocycles. The zero-order valence-corrected chi connectivity index (χ0v) is 14.6. The van der Waals surface area contributed by atoms with E-state index in [0.717, 1.165) is 11.6 Å². The highest BCUT2D eigenvalue weighted by atomic mass is 35.5. The molecule has 0 spiro atoms. The average molecular weight is 370 g/mol. The molecule has 0 aromatic heterocycles. The summed E-state index contributed by atoms with van der Waals surface area (Å²) in [6.07, 6.45) is 0. The standard InChI is InChI=1S/C15H16ClN3O4S/c1-10(12-5-3-4-6-13(12)16)18-14-8-7-11(24(22,23)17-2)9-15(14)19(20)21/h3-10,17-18H,1-2H3/t10-/m1/s1. The van der Waals surface area contributed by atoms with E-state index >= 15 is 0 Å². The molecule has 0 saturated carbocycles. The third-order valence-corrected chi connectivity index (χ3v) is 5.24. The van der Waals surface area contributed by atoms with Gasteiger partial charge in [-0.3, -0.25) is 10.1 Å². The van der Waals surface area contributed by atoms with Crippen LogP contribution < -0.4 is 10.0 Å². The molecule has 2 aromatic rings. The Labute approximate surface area is 144 Å². The molecule has 2 rings (SSSR count). The molecule has 9 heteroatoms. The Hall–Kier alpha value is -2.16. The SMILES string of the molecule is CNS(=O)(=O)c1ccc(N[C@H](C)c2ccccc2Cl)c([N+](=O)[O-])c1. The summed E-state index contributed by atoms with van der Waals surface area (Å²) in [5.41, 5.74) is 0.660. The Bertz CT molecular complexity index is 871. The van der Waals surface area contributed by atoms with Gasteiger partial charge in [0, 0.05) is 11.1 Å². The van der Waals surface area contributed by atoms with Gasteiger partial charge in [-0.25, -0.2) is 13.1 Å². The first-order valence-electron chi connectivity index (χ1n) is 6.99. The second-order valence-corrected chi connectivity index (χ2v) is 7.32. The smallest absolute Gasteiger partial charge is 0.293 e. The molecule has 128 valence electrons. The topological polar surface area (TPSA) is 101 Å². The number of hydrogen-bond acceptors (Lipinski definition) is 5. The molecule has 0 heterocycles. The third-order valence-electron chi connectivity index (χ3n) is 3.49. The van der Waals surface area contributed by atoms with Gasteiger partial charge in [-0.2, -0.15) is 0 Å². The van der Waals surface area contributed by atoms with Crippen molar-refractivity contribution in [1.82, 2.24) is 4.72 Å². The molecule has 7 nitrogen and oxygen atoms in total. The Balaban J connectivity index is 2.40. The summed E-state index contributed by atoms with van der Waals surface area (Å²) in [6, 6.07) is 10.5. The zero-order valence-electron chi connectivity index (χ0n) is 13.0. The third kappa shape index (κ3) is 3.84. The molecule has 1 atom stereocenters. The molecule has 0 fully saturated rings. The number of hydrogen-bond donors (Lipinski definition) is 2. The van der Waals surface area contributed by atoms with Gasteiger partial charge in [0.2, 0.25) is 10.0 Å². The summed E-state index contributed by atoms with van der Waals surface area (Å²) in [7, 11) is -2.52. The summed E-state index contributed by atoms with van der Waals surface area (Å²) in [5.74, 6) is 0. The number of nitrogens with one attached hydrogen (secondary N) is 2. The van der Waals surface area contributed by atoms with Crippen LogP contribution in [0.15, 0.2) is 47.4 Å². The first-order valence-corrected chi connectivity index (χ1v) is 8.85. The second-order valence-electron chi connectivity index (χ2n) is 5.03. The number of nitro benzene ring substituents is 1. The van der Waals surface area contributed by atoms with E-state index in [-0.39, 0.29) is 22.3 Å². The Morgan fingerprint density at radius 1 is 1.21 bits per heavy atom. The molecule has 0 aliphatic heterocycles. The van der Waals surface area contributed by atoms with Gasteiger partial charge < -0.3 is 5.32 Å². The Morgan fingerprint density at radius 2 is 1.88 bits per heavy atom. The highest BCUT2D eigenvalue weighted by Gasteiger charge is 2.22. The molecule has 0 amide bonds. The largest absolute Gasteiger partial charge is 0.373 e. The van der Waals surface area contributed by atoms with Crippen molar-refractivity contribution in [1.29, 1.82) is 0 Å². The number of halogens is 1. The van der Waals surface area contributed by atoms with Crippen LogP contribution in [0.1, 0.15) is 18.5 Å². The molecular formula is C15H16ClN3O4S. The van der Waals surface area contributed by atoms with E-state index < -0.39 is 14.9 Å². The lowest BCUT2D eigenvalue weighted by Gasteiger charge is -2.17. The lowest BCUT2D eigenvalue weighted by Crippen LogP contribution is -2.19. The van der Waals surface area contributed by atoms with E-state index in [0.29, 0.717) is 5.02 Å². The van der Waals surface area contributed by atoms with Gasteiger partial charge in [-0.05, 0) is 37.7 Å². The maximum atomic E-state index is 11.8. The lowest BCUT2D eigenvalue weighted by atomic mass is 10.1.